The van der Waals surface area contributed by atoms with Crippen LogP contribution in [0.1, 0.15) is 18.2 Å². The lowest BCUT2D eigenvalue weighted by molar-refractivity contribution is -0.145. The van der Waals surface area contributed by atoms with E-state index in [9.17, 15) is 9.59 Å². The zero-order valence-electron chi connectivity index (χ0n) is 17.1. The van der Waals surface area contributed by atoms with E-state index in [0.717, 1.165) is 23.1 Å². The summed E-state index contributed by atoms with van der Waals surface area (Å²) in [6.45, 7) is 1.99. The van der Waals surface area contributed by atoms with Gasteiger partial charge in [-0.3, -0.25) is 9.36 Å². The average Bonchev–Trinajstić information content (AvgIpc) is 2.75. The van der Waals surface area contributed by atoms with Crippen LogP contribution in [0, 0.1) is 0 Å². The fourth-order valence-electron chi connectivity index (χ4n) is 3.00. The highest BCUT2D eigenvalue weighted by molar-refractivity contribution is 5.71. The third kappa shape index (κ3) is 5.47. The van der Waals surface area contributed by atoms with Gasteiger partial charge in [0.2, 0.25) is 5.95 Å². The molecule has 0 atom stereocenters. The highest BCUT2D eigenvalue weighted by Gasteiger charge is 2.06. The van der Waals surface area contributed by atoms with E-state index in [1.165, 1.54) is 10.6 Å². The summed E-state index contributed by atoms with van der Waals surface area (Å²) in [6.07, 6.45) is 1.37. The van der Waals surface area contributed by atoms with Crippen molar-refractivity contribution < 1.29 is 14.3 Å². The van der Waals surface area contributed by atoms with Gasteiger partial charge in [0.25, 0.3) is 5.56 Å². The molecule has 0 spiro atoms. The van der Waals surface area contributed by atoms with Gasteiger partial charge in [0.15, 0.2) is 6.61 Å². The zero-order chi connectivity index (χ0) is 21.5. The first-order valence-corrected chi connectivity index (χ1v) is 9.76. The number of benzene rings is 2. The molecule has 156 valence electrons. The van der Waals surface area contributed by atoms with Crippen molar-refractivity contribution >= 4 is 11.9 Å². The molecule has 0 aliphatic carbocycles. The van der Waals surface area contributed by atoms with E-state index in [-0.39, 0.29) is 24.1 Å². The summed E-state index contributed by atoms with van der Waals surface area (Å²) in [5.74, 6) is 0.440. The van der Waals surface area contributed by atoms with Gasteiger partial charge in [0.1, 0.15) is 5.75 Å². The van der Waals surface area contributed by atoms with E-state index in [4.69, 9.17) is 15.2 Å². The molecule has 1 aromatic heterocycles. The Bertz CT molecular complexity index is 1070. The summed E-state index contributed by atoms with van der Waals surface area (Å²) in [6, 6.07) is 17.3. The van der Waals surface area contributed by atoms with Crippen LogP contribution in [0.4, 0.5) is 5.95 Å². The van der Waals surface area contributed by atoms with Crippen LogP contribution in [0.5, 0.6) is 5.75 Å². The summed E-state index contributed by atoms with van der Waals surface area (Å²) in [5, 5.41) is 0. The number of aryl methyl sites for hydroxylation is 2. The van der Waals surface area contributed by atoms with Crippen LogP contribution in [0.3, 0.4) is 0 Å². The second kappa shape index (κ2) is 9.73. The van der Waals surface area contributed by atoms with Gasteiger partial charge < -0.3 is 15.2 Å². The van der Waals surface area contributed by atoms with Crippen LogP contribution in [0.15, 0.2) is 59.4 Å². The van der Waals surface area contributed by atoms with Crippen molar-refractivity contribution in [1.82, 2.24) is 9.55 Å². The number of hydrogen-bond acceptors (Lipinski definition) is 6. The quantitative estimate of drug-likeness (QED) is 0.577. The molecule has 0 fully saturated rings. The van der Waals surface area contributed by atoms with Crippen molar-refractivity contribution in [2.75, 3.05) is 18.9 Å². The van der Waals surface area contributed by atoms with E-state index in [1.54, 1.807) is 14.0 Å². The first kappa shape index (κ1) is 21.1. The molecule has 2 aromatic carbocycles. The van der Waals surface area contributed by atoms with E-state index in [2.05, 4.69) is 11.1 Å². The molecule has 0 unspecified atom stereocenters. The number of ether oxygens (including phenoxy) is 2. The third-order valence-electron chi connectivity index (χ3n) is 4.67. The van der Waals surface area contributed by atoms with Gasteiger partial charge in [-0.2, -0.15) is 0 Å². The Morgan fingerprint density at radius 3 is 2.53 bits per heavy atom. The monoisotopic (exact) mass is 407 g/mol. The lowest BCUT2D eigenvalue weighted by Crippen LogP contribution is -2.21. The highest BCUT2D eigenvalue weighted by atomic mass is 16.6. The highest BCUT2D eigenvalue weighted by Crippen LogP contribution is 2.24. The Hall–Kier alpha value is -3.61. The molecule has 0 aliphatic rings. The predicted octanol–water partition coefficient (Wildman–Crippen LogP) is 2.76. The fourth-order valence-corrected chi connectivity index (χ4v) is 3.00. The van der Waals surface area contributed by atoms with Crippen LogP contribution in [0.25, 0.3) is 11.1 Å². The first-order chi connectivity index (χ1) is 14.5. The standard InChI is InChI=1S/C23H25N3O4/c1-3-29-22(28)15-30-20-11-8-17(9-12-20)18-6-4-5-16(13-18)7-10-19-14-21(27)26(2)23(24)25-19/h4-6,8-9,11-14H,3,7,10,15H2,1-2H3,(H2,24,25). The van der Waals surface area contributed by atoms with Crippen LogP contribution in [-0.4, -0.2) is 28.7 Å². The van der Waals surface area contributed by atoms with Crippen molar-refractivity contribution in [1.29, 1.82) is 0 Å². The minimum atomic E-state index is -0.387. The van der Waals surface area contributed by atoms with E-state index in [1.807, 2.05) is 42.5 Å². The largest absolute Gasteiger partial charge is 0.482 e. The minimum absolute atomic E-state index is 0.107. The number of hydrogen-bond donors (Lipinski definition) is 1. The van der Waals surface area contributed by atoms with Gasteiger partial charge in [-0.05, 0) is 48.6 Å². The number of nitrogen functional groups attached to an aromatic ring is 1. The second-order valence-corrected chi connectivity index (χ2v) is 6.82. The molecule has 30 heavy (non-hydrogen) atoms. The number of rotatable bonds is 8. The van der Waals surface area contributed by atoms with Crippen LogP contribution in [0.2, 0.25) is 0 Å². The summed E-state index contributed by atoms with van der Waals surface area (Å²) < 4.78 is 11.6. The Kier molecular flexibility index (Phi) is 6.85. The Labute approximate surface area is 175 Å². The van der Waals surface area contributed by atoms with Gasteiger partial charge in [0.05, 0.1) is 12.3 Å². The Morgan fingerprint density at radius 1 is 1.07 bits per heavy atom. The average molecular weight is 407 g/mol. The van der Waals surface area contributed by atoms with E-state index >= 15 is 0 Å². The van der Waals surface area contributed by atoms with E-state index < -0.39 is 0 Å². The molecule has 1 heterocycles. The number of esters is 1. The van der Waals surface area contributed by atoms with Crippen molar-refractivity contribution in [2.45, 2.75) is 19.8 Å². The SMILES string of the molecule is CCOC(=O)COc1ccc(-c2cccc(CCc3cc(=O)n(C)c(N)n3)c2)cc1. The molecule has 0 saturated carbocycles. The normalized spacial score (nSPS) is 10.6. The maximum atomic E-state index is 11.9. The lowest BCUT2D eigenvalue weighted by atomic mass is 10.0. The summed E-state index contributed by atoms with van der Waals surface area (Å²) in [7, 11) is 1.60. The molecule has 3 aromatic rings. The van der Waals surface area contributed by atoms with Crippen molar-refractivity contribution in [3.05, 3.63) is 76.2 Å². The summed E-state index contributed by atoms with van der Waals surface area (Å²) in [4.78, 5) is 27.5. The van der Waals surface area contributed by atoms with Gasteiger partial charge in [-0.25, -0.2) is 9.78 Å². The molecule has 3 rings (SSSR count). The molecule has 0 amide bonds. The maximum absolute atomic E-state index is 11.9. The zero-order valence-corrected chi connectivity index (χ0v) is 17.1. The number of nitrogens with two attached hydrogens (primary N) is 1. The number of aromatic nitrogens is 2. The fraction of sp³-hybridized carbons (Fsp3) is 0.261. The van der Waals surface area contributed by atoms with Crippen LogP contribution in [-0.2, 0) is 29.4 Å². The lowest BCUT2D eigenvalue weighted by Gasteiger charge is -2.09. The Balaban J connectivity index is 1.65. The predicted molar refractivity (Wildman–Crippen MR) is 115 cm³/mol. The third-order valence-corrected chi connectivity index (χ3v) is 4.67. The topological polar surface area (TPSA) is 96.4 Å². The van der Waals surface area contributed by atoms with Crippen molar-refractivity contribution in [3.63, 3.8) is 0 Å². The minimum Gasteiger partial charge on any atom is -0.482 e. The van der Waals surface area contributed by atoms with E-state index in [0.29, 0.717) is 24.5 Å². The first-order valence-electron chi connectivity index (χ1n) is 9.76. The van der Waals surface area contributed by atoms with Gasteiger partial charge in [-0.15, -0.1) is 0 Å². The Morgan fingerprint density at radius 2 is 1.83 bits per heavy atom. The molecule has 0 aliphatic heterocycles. The number of nitrogens with zero attached hydrogens (tertiary/aromatic N) is 2. The smallest absolute Gasteiger partial charge is 0.344 e. The maximum Gasteiger partial charge on any atom is 0.344 e. The number of anilines is 1. The molecule has 0 bridgehead atoms. The molecule has 0 radical (unpaired) electrons. The number of carbonyl (C=O) groups is 1. The molecule has 7 heteroatoms. The summed E-state index contributed by atoms with van der Waals surface area (Å²) in [5.41, 5.74) is 9.54. The second-order valence-electron chi connectivity index (χ2n) is 6.82. The molecule has 0 saturated heterocycles. The molecule has 7 nitrogen and oxygen atoms in total. The van der Waals surface area contributed by atoms with Gasteiger partial charge in [0, 0.05) is 13.1 Å². The molecule has 2 N–H and O–H groups in total. The van der Waals surface area contributed by atoms with Crippen molar-refractivity contribution in [2.24, 2.45) is 7.05 Å². The molecular formula is C23H25N3O4. The van der Waals surface area contributed by atoms with Gasteiger partial charge in [-0.1, -0.05) is 36.4 Å². The van der Waals surface area contributed by atoms with Crippen molar-refractivity contribution in [3.8, 4) is 16.9 Å². The molecular weight excluding hydrogens is 382 g/mol. The summed E-state index contributed by atoms with van der Waals surface area (Å²) >= 11 is 0. The van der Waals surface area contributed by atoms with Gasteiger partial charge >= 0.3 is 5.97 Å². The van der Waals surface area contributed by atoms with Crippen LogP contribution < -0.4 is 16.0 Å². The number of carbonyl (C=O) groups excluding carboxylic acids is 1. The van der Waals surface area contributed by atoms with Crippen LogP contribution >= 0.6 is 0 Å².